The van der Waals surface area contributed by atoms with E-state index in [2.05, 4.69) is 71.2 Å². The van der Waals surface area contributed by atoms with Gasteiger partial charge in [0.2, 0.25) is 0 Å². The first kappa shape index (κ1) is 18.1. The molecular formula is C22H14F2I2. The Morgan fingerprint density at radius 1 is 0.615 bits per heavy atom. The van der Waals surface area contributed by atoms with Crippen molar-refractivity contribution in [2.75, 3.05) is 0 Å². The average molecular weight is 570 g/mol. The van der Waals surface area contributed by atoms with Crippen LogP contribution in [-0.2, 0) is 0 Å². The minimum atomic E-state index is -0.267. The molecule has 4 aromatic rings. The molecule has 0 saturated carbocycles. The van der Waals surface area contributed by atoms with Crippen molar-refractivity contribution < 1.29 is 8.78 Å². The van der Waals surface area contributed by atoms with Crippen LogP contribution in [-0.4, -0.2) is 0 Å². The number of hydrogen-bond acceptors (Lipinski definition) is 0. The molecule has 0 amide bonds. The maximum atomic E-state index is 14.1. The molecule has 0 aliphatic heterocycles. The Balaban J connectivity index is 2.27. The summed E-state index contributed by atoms with van der Waals surface area (Å²) in [5.74, 6) is -0.534. The molecule has 0 aromatic heterocycles. The van der Waals surface area contributed by atoms with Gasteiger partial charge in [-0.1, -0.05) is 24.3 Å². The lowest BCUT2D eigenvalue weighted by molar-refractivity contribution is 0.629. The molecule has 0 unspecified atom stereocenters. The largest absolute Gasteiger partial charge is 0.207 e. The van der Waals surface area contributed by atoms with E-state index < -0.39 is 0 Å². The fraction of sp³-hybridized carbons (Fsp3) is 0.0909. The highest BCUT2D eigenvalue weighted by Gasteiger charge is 2.19. The average Bonchev–Trinajstić information content (AvgIpc) is 2.60. The van der Waals surface area contributed by atoms with Crippen molar-refractivity contribution in [3.8, 4) is 11.1 Å². The summed E-state index contributed by atoms with van der Waals surface area (Å²) in [6.07, 6.45) is 0. The topological polar surface area (TPSA) is 0 Å². The Morgan fingerprint density at radius 2 is 1.00 bits per heavy atom. The highest BCUT2D eigenvalue weighted by atomic mass is 127. The van der Waals surface area contributed by atoms with Crippen LogP contribution in [0.15, 0.2) is 48.5 Å². The van der Waals surface area contributed by atoms with Crippen LogP contribution < -0.4 is 0 Å². The van der Waals surface area contributed by atoms with E-state index in [0.29, 0.717) is 0 Å². The normalized spacial score (nSPS) is 11.5. The van der Waals surface area contributed by atoms with Crippen molar-refractivity contribution in [2.45, 2.75) is 13.8 Å². The van der Waals surface area contributed by atoms with Crippen LogP contribution in [0.2, 0.25) is 0 Å². The molecule has 0 saturated heterocycles. The lowest BCUT2D eigenvalue weighted by atomic mass is 9.91. The lowest BCUT2D eigenvalue weighted by Crippen LogP contribution is -1.97. The molecule has 0 heterocycles. The minimum Gasteiger partial charge on any atom is -0.207 e. The molecule has 4 heteroatoms. The molecule has 0 N–H and O–H groups in total. The van der Waals surface area contributed by atoms with Gasteiger partial charge in [0, 0.05) is 18.3 Å². The fourth-order valence-electron chi connectivity index (χ4n) is 3.45. The third-order valence-corrected chi connectivity index (χ3v) is 7.48. The van der Waals surface area contributed by atoms with E-state index in [9.17, 15) is 8.78 Å². The molecule has 0 fully saturated rings. The summed E-state index contributed by atoms with van der Waals surface area (Å²) in [5, 5.41) is 3.69. The predicted molar refractivity (Wildman–Crippen MR) is 122 cm³/mol. The maximum absolute atomic E-state index is 14.1. The van der Waals surface area contributed by atoms with Gasteiger partial charge in [-0.05, 0) is 116 Å². The molecule has 0 atom stereocenters. The van der Waals surface area contributed by atoms with E-state index in [1.165, 1.54) is 12.1 Å². The van der Waals surface area contributed by atoms with Crippen LogP contribution in [0.4, 0.5) is 8.78 Å². The van der Waals surface area contributed by atoms with Crippen LogP contribution in [0, 0.1) is 32.6 Å². The molecule has 4 rings (SSSR count). The molecule has 26 heavy (non-hydrogen) atoms. The van der Waals surface area contributed by atoms with Gasteiger partial charge in [0.25, 0.3) is 0 Å². The van der Waals surface area contributed by atoms with Crippen LogP contribution in [0.1, 0.15) is 11.1 Å². The van der Waals surface area contributed by atoms with Gasteiger partial charge in [0.1, 0.15) is 11.6 Å². The standard InChI is InChI=1S/C22H14F2I2/c1-11-7-13-3-5-15(23)9-17(13)19(21(11)25)20-18-10-16(24)6-4-14(18)8-12(2)22(20)26/h3-10H,1-2H3. The van der Waals surface area contributed by atoms with Crippen LogP contribution in [0.3, 0.4) is 0 Å². The number of hydrogen-bond donors (Lipinski definition) is 0. The van der Waals surface area contributed by atoms with Crippen LogP contribution in [0.25, 0.3) is 32.7 Å². The summed E-state index contributed by atoms with van der Waals surface area (Å²) in [4.78, 5) is 0. The monoisotopic (exact) mass is 570 g/mol. The van der Waals surface area contributed by atoms with E-state index in [1.807, 2.05) is 12.1 Å². The maximum Gasteiger partial charge on any atom is 0.123 e. The number of fused-ring (bicyclic) bond motifs is 2. The first-order valence-corrected chi connectivity index (χ1v) is 10.3. The molecule has 0 aliphatic carbocycles. The number of aryl methyl sites for hydroxylation is 2. The van der Waals surface area contributed by atoms with Gasteiger partial charge in [0.15, 0.2) is 0 Å². The lowest BCUT2D eigenvalue weighted by Gasteiger charge is -2.18. The van der Waals surface area contributed by atoms with Gasteiger partial charge >= 0.3 is 0 Å². The van der Waals surface area contributed by atoms with Gasteiger partial charge in [0.05, 0.1) is 0 Å². The fourth-order valence-corrected chi connectivity index (χ4v) is 4.89. The van der Waals surface area contributed by atoms with Crippen LogP contribution in [0.5, 0.6) is 0 Å². The second-order valence-electron chi connectivity index (χ2n) is 6.50. The number of rotatable bonds is 1. The van der Waals surface area contributed by atoms with Crippen molar-refractivity contribution in [3.63, 3.8) is 0 Å². The number of halogens is 4. The Labute approximate surface area is 177 Å². The second kappa shape index (κ2) is 6.71. The zero-order chi connectivity index (χ0) is 18.6. The third-order valence-electron chi connectivity index (χ3n) is 4.69. The van der Waals surface area contributed by atoms with E-state index in [1.54, 1.807) is 12.1 Å². The van der Waals surface area contributed by atoms with Crippen LogP contribution >= 0.6 is 45.2 Å². The first-order chi connectivity index (χ1) is 12.4. The van der Waals surface area contributed by atoms with Gasteiger partial charge < -0.3 is 0 Å². The summed E-state index contributed by atoms with van der Waals surface area (Å²) in [5.41, 5.74) is 4.20. The predicted octanol–water partition coefficient (Wildman–Crippen LogP) is 7.76. The second-order valence-corrected chi connectivity index (χ2v) is 8.65. The highest BCUT2D eigenvalue weighted by molar-refractivity contribution is 14.1. The van der Waals surface area contributed by atoms with Crippen molar-refractivity contribution in [2.24, 2.45) is 0 Å². The molecule has 0 aliphatic rings. The van der Waals surface area contributed by atoms with Gasteiger partial charge in [-0.2, -0.15) is 0 Å². The quantitative estimate of drug-likeness (QED) is 0.205. The smallest absolute Gasteiger partial charge is 0.123 e. The minimum absolute atomic E-state index is 0.267. The zero-order valence-corrected chi connectivity index (χ0v) is 18.4. The first-order valence-electron chi connectivity index (χ1n) is 8.14. The van der Waals surface area contributed by atoms with Crippen molar-refractivity contribution >= 4 is 66.7 Å². The molecule has 130 valence electrons. The summed E-state index contributed by atoms with van der Waals surface area (Å²) in [6, 6.07) is 13.9. The van der Waals surface area contributed by atoms with Crippen molar-refractivity contribution in [3.05, 3.63) is 78.4 Å². The van der Waals surface area contributed by atoms with E-state index in [4.69, 9.17) is 0 Å². The third kappa shape index (κ3) is 2.91. The van der Waals surface area contributed by atoms with Crippen molar-refractivity contribution in [1.82, 2.24) is 0 Å². The molecule has 0 nitrogen and oxygen atoms in total. The SMILES string of the molecule is Cc1cc2ccc(F)cc2c(-c2c(I)c(C)cc3ccc(F)cc23)c1I. The molecule has 4 aromatic carbocycles. The Bertz CT molecular complexity index is 1100. The molecule has 0 bridgehead atoms. The molecular weight excluding hydrogens is 556 g/mol. The van der Waals surface area contributed by atoms with E-state index in [0.717, 1.165) is 50.9 Å². The summed E-state index contributed by atoms with van der Waals surface area (Å²) < 4.78 is 30.2. The number of benzene rings is 4. The summed E-state index contributed by atoms with van der Waals surface area (Å²) in [6.45, 7) is 4.11. The van der Waals surface area contributed by atoms with E-state index >= 15 is 0 Å². The zero-order valence-electron chi connectivity index (χ0n) is 14.1. The molecule has 0 radical (unpaired) electrons. The molecule has 0 spiro atoms. The van der Waals surface area contributed by atoms with E-state index in [-0.39, 0.29) is 11.6 Å². The Morgan fingerprint density at radius 3 is 1.38 bits per heavy atom. The summed E-state index contributed by atoms with van der Waals surface area (Å²) >= 11 is 4.64. The Hall–Kier alpha value is -1.28. The van der Waals surface area contributed by atoms with Crippen molar-refractivity contribution in [1.29, 1.82) is 0 Å². The highest BCUT2D eigenvalue weighted by Crippen LogP contribution is 2.42. The Kier molecular flexibility index (Phi) is 4.67. The van der Waals surface area contributed by atoms with Gasteiger partial charge in [-0.25, -0.2) is 8.78 Å². The summed E-state index contributed by atoms with van der Waals surface area (Å²) in [7, 11) is 0. The van der Waals surface area contributed by atoms with Gasteiger partial charge in [-0.15, -0.1) is 0 Å². The van der Waals surface area contributed by atoms with Gasteiger partial charge in [-0.3, -0.25) is 0 Å².